The summed E-state index contributed by atoms with van der Waals surface area (Å²) in [7, 11) is 0. The van der Waals surface area contributed by atoms with Gasteiger partial charge in [0, 0.05) is 11.0 Å². The van der Waals surface area contributed by atoms with E-state index in [4.69, 9.17) is 4.99 Å². The van der Waals surface area contributed by atoms with Gasteiger partial charge in [-0.3, -0.25) is 4.99 Å². The molecule has 1 unspecified atom stereocenters. The standard InChI is InChI=1S/C49H48N2/c1-8-16-40(17-9-2)37(4)30-44(31-38(5)41-20-14-11-15-21-41)42-22-24-43(25-23-42)45-32-46(48(50-7)51-35-39-18-12-10-13-19-39)34-47(33-45)49(6)28-26-36(3)27-29-49/h8-28,30-34H,1,5,7,29,35H2,2-4,6H3/b17-9-,37-30+,40-16+,44-31+,51-48?. The molecule has 0 fully saturated rings. The first kappa shape index (κ1) is 36.4. The fraction of sp³-hybridized carbons (Fsp3) is 0.143. The van der Waals surface area contributed by atoms with Crippen LogP contribution < -0.4 is 0 Å². The monoisotopic (exact) mass is 664 g/mol. The van der Waals surface area contributed by atoms with Crippen LogP contribution in [0.1, 0.15) is 61.9 Å². The average Bonchev–Trinajstić information content (AvgIpc) is 3.16. The van der Waals surface area contributed by atoms with Gasteiger partial charge in [0.15, 0.2) is 5.84 Å². The van der Waals surface area contributed by atoms with E-state index in [-0.39, 0.29) is 5.41 Å². The first-order chi connectivity index (χ1) is 24.7. The molecule has 2 heteroatoms. The molecule has 254 valence electrons. The molecule has 1 aliphatic carbocycles. The number of hydrogen-bond donors (Lipinski definition) is 0. The zero-order valence-corrected chi connectivity index (χ0v) is 30.4. The van der Waals surface area contributed by atoms with Crippen LogP contribution in [-0.4, -0.2) is 12.6 Å². The summed E-state index contributed by atoms with van der Waals surface area (Å²) in [5.74, 6) is 0.642. The van der Waals surface area contributed by atoms with Gasteiger partial charge in [-0.05, 0) is 108 Å². The summed E-state index contributed by atoms with van der Waals surface area (Å²) in [4.78, 5) is 9.34. The molecule has 51 heavy (non-hydrogen) atoms. The molecule has 0 amide bonds. The van der Waals surface area contributed by atoms with E-state index in [9.17, 15) is 0 Å². The molecular formula is C49H48N2. The van der Waals surface area contributed by atoms with Gasteiger partial charge < -0.3 is 0 Å². The van der Waals surface area contributed by atoms with E-state index in [1.807, 2.05) is 55.5 Å². The van der Waals surface area contributed by atoms with Crippen LogP contribution in [0.25, 0.3) is 22.3 Å². The number of nitrogens with zero attached hydrogens (tertiary/aromatic N) is 2. The topological polar surface area (TPSA) is 24.7 Å². The third-order valence-corrected chi connectivity index (χ3v) is 9.31. The van der Waals surface area contributed by atoms with Gasteiger partial charge in [-0.15, -0.1) is 0 Å². The maximum atomic E-state index is 4.92. The molecule has 0 radical (unpaired) electrons. The van der Waals surface area contributed by atoms with Crippen molar-refractivity contribution in [1.29, 1.82) is 0 Å². The van der Waals surface area contributed by atoms with Crippen molar-refractivity contribution in [2.75, 3.05) is 0 Å². The van der Waals surface area contributed by atoms with Crippen LogP contribution in [0.3, 0.4) is 0 Å². The lowest BCUT2D eigenvalue weighted by Crippen LogP contribution is -2.21. The third kappa shape index (κ3) is 9.44. The summed E-state index contributed by atoms with van der Waals surface area (Å²) in [5.41, 5.74) is 13.2. The lowest BCUT2D eigenvalue weighted by molar-refractivity contribution is 0.596. The Bertz CT molecular complexity index is 2100. The van der Waals surface area contributed by atoms with E-state index in [1.165, 1.54) is 11.1 Å². The lowest BCUT2D eigenvalue weighted by Gasteiger charge is -2.29. The SMILES string of the molecule is C=C/C=C(\C=C/C)C(/C)=C/C(=C\C(=C)c1ccccc1)c1ccc(-c2cc(C(N=C)=NCc3ccccc3)cc(C3(C)C=CC(C)=CC3)c2)cc1. The zero-order valence-electron chi connectivity index (χ0n) is 30.4. The van der Waals surface area contributed by atoms with Gasteiger partial charge in [-0.1, -0.05) is 165 Å². The van der Waals surface area contributed by atoms with Gasteiger partial charge in [0.05, 0.1) is 6.54 Å². The molecule has 4 aromatic carbocycles. The Morgan fingerprint density at radius 2 is 1.55 bits per heavy atom. The predicted octanol–water partition coefficient (Wildman–Crippen LogP) is 12.9. The molecule has 1 atom stereocenters. The molecule has 1 aliphatic rings. The molecule has 0 bridgehead atoms. The van der Waals surface area contributed by atoms with Crippen molar-refractivity contribution in [3.05, 3.63) is 216 Å². The summed E-state index contributed by atoms with van der Waals surface area (Å²) in [6.45, 7) is 21.4. The Labute approximate surface area is 305 Å². The number of allylic oxidation sites excluding steroid dienone is 14. The van der Waals surface area contributed by atoms with Gasteiger partial charge >= 0.3 is 0 Å². The second-order valence-electron chi connectivity index (χ2n) is 13.2. The van der Waals surface area contributed by atoms with Crippen molar-refractivity contribution in [1.82, 2.24) is 0 Å². The molecule has 2 nitrogen and oxygen atoms in total. The van der Waals surface area contributed by atoms with Gasteiger partial charge in [0.1, 0.15) is 0 Å². The maximum absolute atomic E-state index is 4.92. The second kappa shape index (κ2) is 17.2. The van der Waals surface area contributed by atoms with E-state index in [0.29, 0.717) is 12.4 Å². The van der Waals surface area contributed by atoms with Crippen LogP contribution in [0.5, 0.6) is 0 Å². The first-order valence-electron chi connectivity index (χ1n) is 17.5. The van der Waals surface area contributed by atoms with Crippen LogP contribution in [0.15, 0.2) is 198 Å². The molecule has 0 N–H and O–H groups in total. The quantitative estimate of drug-likeness (QED) is 0.0818. The zero-order chi connectivity index (χ0) is 36.2. The number of rotatable bonds is 12. The maximum Gasteiger partial charge on any atom is 0.154 e. The average molecular weight is 665 g/mol. The lowest BCUT2D eigenvalue weighted by atomic mass is 9.75. The van der Waals surface area contributed by atoms with Crippen molar-refractivity contribution >= 4 is 23.7 Å². The third-order valence-electron chi connectivity index (χ3n) is 9.31. The summed E-state index contributed by atoms with van der Waals surface area (Å²) < 4.78 is 0. The van der Waals surface area contributed by atoms with Gasteiger partial charge in [0.2, 0.25) is 0 Å². The van der Waals surface area contributed by atoms with Crippen LogP contribution in [0.4, 0.5) is 0 Å². The Hall–Kier alpha value is -5.86. The molecule has 0 aromatic heterocycles. The van der Waals surface area contributed by atoms with Crippen molar-refractivity contribution in [3.63, 3.8) is 0 Å². The molecule has 0 aliphatic heterocycles. The fourth-order valence-corrected chi connectivity index (χ4v) is 6.20. The minimum Gasteiger partial charge on any atom is -0.261 e. The van der Waals surface area contributed by atoms with Crippen molar-refractivity contribution in [2.24, 2.45) is 9.98 Å². The molecule has 4 aromatic rings. The van der Waals surface area contributed by atoms with Gasteiger partial charge in [-0.2, -0.15) is 0 Å². The number of aliphatic imine (C=N–C) groups is 2. The summed E-state index contributed by atoms with van der Waals surface area (Å²) in [6, 6.07) is 36.1. The highest BCUT2D eigenvalue weighted by Crippen LogP contribution is 2.37. The Balaban J connectivity index is 1.59. The molecule has 0 heterocycles. The highest BCUT2D eigenvalue weighted by molar-refractivity contribution is 6.02. The van der Waals surface area contributed by atoms with Crippen molar-refractivity contribution in [2.45, 2.75) is 46.1 Å². The highest BCUT2D eigenvalue weighted by Gasteiger charge is 2.26. The van der Waals surface area contributed by atoms with Crippen molar-refractivity contribution in [3.8, 4) is 11.1 Å². The van der Waals surface area contributed by atoms with Crippen LogP contribution >= 0.6 is 0 Å². The van der Waals surface area contributed by atoms with Crippen LogP contribution in [0, 0.1) is 0 Å². The number of hydrogen-bond acceptors (Lipinski definition) is 1. The van der Waals surface area contributed by atoms with Crippen molar-refractivity contribution < 1.29 is 0 Å². The largest absolute Gasteiger partial charge is 0.261 e. The Kier molecular flexibility index (Phi) is 12.3. The molecule has 5 rings (SSSR count). The van der Waals surface area contributed by atoms with E-state index in [2.05, 4.69) is 155 Å². The summed E-state index contributed by atoms with van der Waals surface area (Å²) >= 11 is 0. The Morgan fingerprint density at radius 3 is 2.18 bits per heavy atom. The van der Waals surface area contributed by atoms with Gasteiger partial charge in [0.25, 0.3) is 0 Å². The van der Waals surface area contributed by atoms with E-state index >= 15 is 0 Å². The minimum atomic E-state index is -0.157. The second-order valence-corrected chi connectivity index (χ2v) is 13.2. The van der Waals surface area contributed by atoms with E-state index in [1.54, 1.807) is 0 Å². The summed E-state index contributed by atoms with van der Waals surface area (Å²) in [5, 5.41) is 0. The normalized spacial score (nSPS) is 17.0. The highest BCUT2D eigenvalue weighted by atomic mass is 14.9. The smallest absolute Gasteiger partial charge is 0.154 e. The number of benzene rings is 4. The predicted molar refractivity (Wildman–Crippen MR) is 223 cm³/mol. The van der Waals surface area contributed by atoms with E-state index in [0.717, 1.165) is 62.1 Å². The first-order valence-corrected chi connectivity index (χ1v) is 17.5. The van der Waals surface area contributed by atoms with Crippen LogP contribution in [0.2, 0.25) is 0 Å². The Morgan fingerprint density at radius 1 is 0.843 bits per heavy atom. The van der Waals surface area contributed by atoms with Crippen LogP contribution in [-0.2, 0) is 12.0 Å². The van der Waals surface area contributed by atoms with E-state index < -0.39 is 0 Å². The number of amidine groups is 1. The summed E-state index contributed by atoms with van der Waals surface area (Å²) in [6.07, 6.45) is 20.2. The molecular weight excluding hydrogens is 617 g/mol. The van der Waals surface area contributed by atoms with Gasteiger partial charge in [-0.25, -0.2) is 4.99 Å². The molecule has 0 spiro atoms. The molecule has 0 saturated heterocycles. The fourth-order valence-electron chi connectivity index (χ4n) is 6.20. The molecule has 0 saturated carbocycles. The minimum absolute atomic E-state index is 0.157.